The highest BCUT2D eigenvalue weighted by atomic mass is 19.3. The van der Waals surface area contributed by atoms with Gasteiger partial charge in [-0.05, 0) is 20.8 Å². The zero-order valence-corrected chi connectivity index (χ0v) is 10.4. The van der Waals surface area contributed by atoms with Crippen LogP contribution in [0.3, 0.4) is 0 Å². The molecule has 18 heavy (non-hydrogen) atoms. The van der Waals surface area contributed by atoms with Crippen LogP contribution < -0.4 is 5.73 Å². The lowest BCUT2D eigenvalue weighted by Crippen LogP contribution is -2.25. The van der Waals surface area contributed by atoms with Gasteiger partial charge in [-0.25, -0.2) is 23.5 Å². The smallest absolute Gasteiger partial charge is 0.342 e. The summed E-state index contributed by atoms with van der Waals surface area (Å²) in [6, 6.07) is 0. The van der Waals surface area contributed by atoms with E-state index in [1.54, 1.807) is 20.8 Å². The van der Waals surface area contributed by atoms with Gasteiger partial charge >= 0.3 is 5.97 Å². The molecule has 0 spiro atoms. The van der Waals surface area contributed by atoms with Crippen LogP contribution >= 0.6 is 0 Å². The minimum atomic E-state index is -2.89. The van der Waals surface area contributed by atoms with E-state index in [1.165, 1.54) is 0 Å². The Balaban J connectivity index is 3.12. The summed E-state index contributed by atoms with van der Waals surface area (Å²) in [5, 5.41) is 0. The fourth-order valence-electron chi connectivity index (χ4n) is 1.19. The maximum Gasteiger partial charge on any atom is 0.342 e. The molecule has 2 N–H and O–H groups in total. The summed E-state index contributed by atoms with van der Waals surface area (Å²) in [7, 11) is 0. The van der Waals surface area contributed by atoms with Crippen LogP contribution in [0.2, 0.25) is 0 Å². The molecule has 0 aliphatic heterocycles. The fraction of sp³-hybridized carbons (Fsp3) is 0.545. The summed E-state index contributed by atoms with van der Waals surface area (Å²) in [6.07, 6.45) is -1.87. The number of esters is 1. The average Bonchev–Trinajstić information content (AvgIpc) is 2.25. The predicted molar refractivity (Wildman–Crippen MR) is 60.0 cm³/mol. The van der Waals surface area contributed by atoms with Crippen molar-refractivity contribution in [1.82, 2.24) is 9.97 Å². The molecular weight excluding hydrogens is 244 g/mol. The highest BCUT2D eigenvalue weighted by Gasteiger charge is 2.25. The maximum absolute atomic E-state index is 12.8. The topological polar surface area (TPSA) is 78.1 Å². The molecule has 0 saturated heterocycles. The van der Waals surface area contributed by atoms with Gasteiger partial charge < -0.3 is 10.5 Å². The number of hydrogen-bond donors (Lipinski definition) is 1. The third kappa shape index (κ3) is 3.69. The van der Waals surface area contributed by atoms with Gasteiger partial charge in [-0.3, -0.25) is 0 Å². The van der Waals surface area contributed by atoms with Gasteiger partial charge in [0.25, 0.3) is 6.43 Å². The Morgan fingerprint density at radius 3 is 2.56 bits per heavy atom. The van der Waals surface area contributed by atoms with E-state index in [-0.39, 0.29) is 17.9 Å². The van der Waals surface area contributed by atoms with Crippen LogP contribution in [0.1, 0.15) is 49.1 Å². The van der Waals surface area contributed by atoms with Gasteiger partial charge in [-0.15, -0.1) is 0 Å². The summed E-state index contributed by atoms with van der Waals surface area (Å²) >= 11 is 0. The first-order valence-electron chi connectivity index (χ1n) is 5.32. The molecular formula is C11H15F2N3O2. The van der Waals surface area contributed by atoms with Gasteiger partial charge in [0, 0.05) is 6.20 Å². The Kier molecular flexibility index (Phi) is 4.28. The molecule has 0 bridgehead atoms. The number of carbonyl (C=O) groups is 1. The number of nitrogens with two attached hydrogens (primary N) is 1. The highest BCUT2D eigenvalue weighted by Crippen LogP contribution is 2.22. The zero-order chi connectivity index (χ0) is 13.9. The third-order valence-corrected chi connectivity index (χ3v) is 1.88. The second-order valence-corrected chi connectivity index (χ2v) is 4.59. The molecule has 0 saturated carbocycles. The van der Waals surface area contributed by atoms with Crippen molar-refractivity contribution in [3.05, 3.63) is 23.3 Å². The van der Waals surface area contributed by atoms with Crippen LogP contribution in [-0.2, 0) is 11.3 Å². The Hall–Kier alpha value is -1.63. The number of carbonyl (C=O) groups excluding carboxylic acids is 1. The van der Waals surface area contributed by atoms with Crippen LogP contribution in [-0.4, -0.2) is 21.5 Å². The Labute approximate surface area is 103 Å². The van der Waals surface area contributed by atoms with Crippen LogP contribution in [0.4, 0.5) is 8.78 Å². The molecule has 0 aliphatic rings. The van der Waals surface area contributed by atoms with E-state index >= 15 is 0 Å². The molecule has 5 nitrogen and oxygen atoms in total. The second kappa shape index (κ2) is 5.34. The summed E-state index contributed by atoms with van der Waals surface area (Å²) in [6.45, 7) is 4.85. The lowest BCUT2D eigenvalue weighted by molar-refractivity contribution is 0.00600. The van der Waals surface area contributed by atoms with Crippen LogP contribution in [0, 0.1) is 0 Å². The van der Waals surface area contributed by atoms with Gasteiger partial charge in [0.1, 0.15) is 22.7 Å². The van der Waals surface area contributed by atoms with Crippen molar-refractivity contribution in [2.45, 2.75) is 39.3 Å². The minimum Gasteiger partial charge on any atom is -0.456 e. The number of ether oxygens (including phenoxy) is 1. The van der Waals surface area contributed by atoms with E-state index < -0.39 is 23.7 Å². The molecule has 1 aromatic heterocycles. The molecule has 7 heteroatoms. The average molecular weight is 259 g/mol. The van der Waals surface area contributed by atoms with Crippen molar-refractivity contribution in [1.29, 1.82) is 0 Å². The number of alkyl halides is 2. The first-order valence-corrected chi connectivity index (χ1v) is 5.32. The van der Waals surface area contributed by atoms with Crippen molar-refractivity contribution < 1.29 is 18.3 Å². The molecule has 0 aromatic carbocycles. The number of hydrogen-bond acceptors (Lipinski definition) is 5. The molecule has 100 valence electrons. The lowest BCUT2D eigenvalue weighted by Gasteiger charge is -2.20. The van der Waals surface area contributed by atoms with E-state index in [0.29, 0.717) is 0 Å². The van der Waals surface area contributed by atoms with Gasteiger partial charge in [-0.1, -0.05) is 0 Å². The van der Waals surface area contributed by atoms with Crippen LogP contribution in [0.25, 0.3) is 0 Å². The van der Waals surface area contributed by atoms with E-state index in [9.17, 15) is 13.6 Å². The number of halogens is 2. The summed E-state index contributed by atoms with van der Waals surface area (Å²) < 4.78 is 30.6. The highest BCUT2D eigenvalue weighted by molar-refractivity contribution is 5.90. The molecule has 1 aromatic rings. The SMILES string of the molecule is CC(C)(C)OC(=O)c1cnc(CN)nc1C(F)F. The molecule has 0 radical (unpaired) electrons. The number of aromatic nitrogens is 2. The quantitative estimate of drug-likeness (QED) is 0.838. The Morgan fingerprint density at radius 1 is 1.50 bits per heavy atom. The predicted octanol–water partition coefficient (Wildman–Crippen LogP) is 1.83. The van der Waals surface area contributed by atoms with E-state index in [0.717, 1.165) is 6.20 Å². The molecule has 0 aliphatic carbocycles. The maximum atomic E-state index is 12.8. The normalized spacial score (nSPS) is 11.7. The van der Waals surface area contributed by atoms with E-state index in [4.69, 9.17) is 10.5 Å². The molecule has 1 heterocycles. The summed E-state index contributed by atoms with van der Waals surface area (Å²) in [4.78, 5) is 19.0. The Morgan fingerprint density at radius 2 is 2.11 bits per heavy atom. The number of nitrogens with zero attached hydrogens (tertiary/aromatic N) is 2. The van der Waals surface area contributed by atoms with E-state index in [1.807, 2.05) is 0 Å². The Bertz CT molecular complexity index is 444. The van der Waals surface area contributed by atoms with Crippen molar-refractivity contribution in [2.75, 3.05) is 0 Å². The standard InChI is InChI=1S/C11H15F2N3O2/c1-11(2,3)18-10(17)6-5-15-7(4-14)16-8(6)9(12)13/h5,9H,4,14H2,1-3H3. The second-order valence-electron chi connectivity index (χ2n) is 4.59. The van der Waals surface area contributed by atoms with Crippen LogP contribution in [0.15, 0.2) is 6.20 Å². The number of rotatable bonds is 3. The molecule has 1 rings (SSSR count). The monoisotopic (exact) mass is 259 g/mol. The van der Waals surface area contributed by atoms with Crippen molar-refractivity contribution in [2.24, 2.45) is 5.73 Å². The van der Waals surface area contributed by atoms with Crippen LogP contribution in [0.5, 0.6) is 0 Å². The third-order valence-electron chi connectivity index (χ3n) is 1.88. The van der Waals surface area contributed by atoms with Gasteiger partial charge in [0.15, 0.2) is 0 Å². The van der Waals surface area contributed by atoms with Gasteiger partial charge in [0.2, 0.25) is 0 Å². The largest absolute Gasteiger partial charge is 0.456 e. The summed E-state index contributed by atoms with van der Waals surface area (Å²) in [5.74, 6) is -0.820. The van der Waals surface area contributed by atoms with Crippen molar-refractivity contribution >= 4 is 5.97 Å². The van der Waals surface area contributed by atoms with Gasteiger partial charge in [-0.2, -0.15) is 0 Å². The first-order chi connectivity index (χ1) is 8.24. The van der Waals surface area contributed by atoms with Gasteiger partial charge in [0.05, 0.1) is 6.54 Å². The molecule has 0 amide bonds. The lowest BCUT2D eigenvalue weighted by atomic mass is 10.1. The minimum absolute atomic E-state index is 0.0533. The first kappa shape index (κ1) is 14.4. The van der Waals surface area contributed by atoms with Crippen molar-refractivity contribution in [3.8, 4) is 0 Å². The fourth-order valence-corrected chi connectivity index (χ4v) is 1.19. The molecule has 0 atom stereocenters. The zero-order valence-electron chi connectivity index (χ0n) is 10.4. The van der Waals surface area contributed by atoms with Crippen molar-refractivity contribution in [3.63, 3.8) is 0 Å². The molecule has 0 unspecified atom stereocenters. The molecule has 0 fully saturated rings. The van der Waals surface area contributed by atoms with E-state index in [2.05, 4.69) is 9.97 Å². The summed E-state index contributed by atoms with van der Waals surface area (Å²) in [5.41, 5.74) is 3.50.